The van der Waals surface area contributed by atoms with E-state index in [1.807, 2.05) is 0 Å². The number of hydrogen-bond donors (Lipinski definition) is 1. The van der Waals surface area contributed by atoms with E-state index in [9.17, 15) is 22.0 Å². The fourth-order valence-corrected chi connectivity index (χ4v) is 2.95. The number of halogens is 2. The number of hydrogen-bond acceptors (Lipinski definition) is 6. The quantitative estimate of drug-likeness (QED) is 0.795. The number of nitrogens with two attached hydrogens (primary N) is 1. The van der Waals surface area contributed by atoms with Crippen molar-refractivity contribution in [3.63, 3.8) is 0 Å². The van der Waals surface area contributed by atoms with Gasteiger partial charge in [-0.05, 0) is 17.7 Å². The summed E-state index contributed by atoms with van der Waals surface area (Å²) in [6.07, 6.45) is -2.73. The van der Waals surface area contributed by atoms with Crippen LogP contribution in [-0.2, 0) is 29.5 Å². The summed E-state index contributed by atoms with van der Waals surface area (Å²) in [5, 5.41) is 0. The average molecular weight is 384 g/mol. The van der Waals surface area contributed by atoms with E-state index in [1.54, 1.807) is 0 Å². The zero-order valence-corrected chi connectivity index (χ0v) is 13.7. The van der Waals surface area contributed by atoms with Crippen molar-refractivity contribution in [2.45, 2.75) is 11.8 Å². The van der Waals surface area contributed by atoms with E-state index in [2.05, 4.69) is 4.18 Å². The smallest absolute Gasteiger partial charge is 0.313 e. The molecule has 1 heterocycles. The minimum Gasteiger partial charge on any atom is -0.460 e. The van der Waals surface area contributed by atoms with Gasteiger partial charge in [0.1, 0.15) is 5.70 Å². The molecule has 0 unspecified atom stereocenters. The lowest BCUT2D eigenvalue weighted by atomic mass is 10.1. The number of rotatable bonds is 5. The topological polar surface area (TPSA) is 95.7 Å². The monoisotopic (exact) mass is 384 g/mol. The van der Waals surface area contributed by atoms with Gasteiger partial charge in [-0.1, -0.05) is 36.4 Å². The largest absolute Gasteiger partial charge is 0.460 e. The average Bonchev–Trinajstić information content (AvgIpc) is 2.88. The molecule has 1 atom stereocenters. The van der Waals surface area contributed by atoms with E-state index < -0.39 is 56.5 Å². The van der Waals surface area contributed by atoms with Crippen LogP contribution < -0.4 is 5.73 Å². The first-order valence-electron chi connectivity index (χ1n) is 8.59. The van der Waals surface area contributed by atoms with Crippen LogP contribution in [0.1, 0.15) is 21.3 Å². The molecule has 2 aromatic rings. The van der Waals surface area contributed by atoms with Crippen molar-refractivity contribution in [1.29, 1.82) is 0 Å². The summed E-state index contributed by atoms with van der Waals surface area (Å²) in [7, 11) is -5.13. The Morgan fingerprint density at radius 3 is 2.54 bits per heavy atom. The third-order valence-corrected chi connectivity index (χ3v) is 4.11. The number of Topliss-reactive ketones (excluding diaryl/α,β-unsaturated/α-hetero) is 1. The second-order valence-electron chi connectivity index (χ2n) is 5.09. The predicted molar refractivity (Wildman–Crippen MR) is 86.6 cm³/mol. The normalized spacial score (nSPS) is 22.4. The molecule has 0 fully saturated rings. The van der Waals surface area contributed by atoms with Crippen molar-refractivity contribution in [1.82, 2.24) is 0 Å². The number of carbonyl (C=O) groups excluding carboxylic acids is 1. The highest BCUT2D eigenvalue weighted by Crippen LogP contribution is 2.33. The minimum atomic E-state index is -5.13. The van der Waals surface area contributed by atoms with Crippen molar-refractivity contribution in [3.05, 3.63) is 82.9 Å². The zero-order valence-electron chi connectivity index (χ0n) is 15.9. The number of ether oxygens (including phenoxy) is 1. The maximum atomic E-state index is 13.5. The Balaban J connectivity index is 1.95. The van der Waals surface area contributed by atoms with Crippen LogP contribution in [0.3, 0.4) is 0 Å². The summed E-state index contributed by atoms with van der Waals surface area (Å²) in [4.78, 5) is 12.6. The van der Waals surface area contributed by atoms with E-state index in [0.717, 1.165) is 6.07 Å². The molecule has 3 rings (SSSR count). The van der Waals surface area contributed by atoms with Gasteiger partial charge in [0.05, 0.1) is 4.11 Å². The van der Waals surface area contributed by atoms with E-state index in [4.69, 9.17) is 14.6 Å². The van der Waals surface area contributed by atoms with Gasteiger partial charge in [0, 0.05) is 5.56 Å². The third-order valence-electron chi connectivity index (χ3n) is 3.24. The lowest BCUT2D eigenvalue weighted by molar-refractivity contribution is -0.123. The minimum absolute atomic E-state index is 0.275. The third kappa shape index (κ3) is 3.67. The van der Waals surface area contributed by atoms with Crippen molar-refractivity contribution in [3.8, 4) is 0 Å². The zero-order chi connectivity index (χ0) is 21.6. The molecule has 0 aromatic heterocycles. The van der Waals surface area contributed by atoms with Crippen LogP contribution in [0.2, 0.25) is 0 Å². The molecular weight excluding hydrogens is 368 g/mol. The molecule has 9 heteroatoms. The lowest BCUT2D eigenvalue weighted by Gasteiger charge is -2.10. The van der Waals surface area contributed by atoms with E-state index in [0.29, 0.717) is 12.1 Å². The Morgan fingerprint density at radius 1 is 1.19 bits per heavy atom. The molecule has 0 radical (unpaired) electrons. The highest BCUT2D eigenvalue weighted by atomic mass is 32.2. The number of ketones is 1. The van der Waals surface area contributed by atoms with Crippen LogP contribution in [0.25, 0.3) is 0 Å². The first kappa shape index (κ1) is 14.3. The number of benzene rings is 2. The molecule has 2 N–H and O–H groups in total. The Labute approximate surface area is 152 Å². The van der Waals surface area contributed by atoms with Crippen molar-refractivity contribution >= 4 is 15.9 Å². The maximum absolute atomic E-state index is 13.5. The molecule has 0 amide bonds. The summed E-state index contributed by atoms with van der Waals surface area (Å²) in [5.41, 5.74) is 1.66. The van der Waals surface area contributed by atoms with Crippen LogP contribution in [0.15, 0.2) is 60.2 Å². The van der Waals surface area contributed by atoms with E-state index in [1.165, 1.54) is 30.3 Å². The molecule has 0 saturated heterocycles. The molecule has 6 nitrogen and oxygen atoms in total. The summed E-state index contributed by atoms with van der Waals surface area (Å²) >= 11 is 0. The molecule has 0 saturated carbocycles. The molecule has 26 heavy (non-hydrogen) atoms. The predicted octanol–water partition coefficient (Wildman–Crippen LogP) is 2.28. The van der Waals surface area contributed by atoms with Gasteiger partial charge in [-0.25, -0.2) is 8.78 Å². The van der Waals surface area contributed by atoms with Crippen molar-refractivity contribution in [2.75, 3.05) is 0 Å². The molecule has 136 valence electrons. The van der Waals surface area contributed by atoms with Crippen LogP contribution >= 0.6 is 0 Å². The summed E-state index contributed by atoms with van der Waals surface area (Å²) in [6.45, 7) is 0. The second kappa shape index (κ2) is 6.75. The van der Waals surface area contributed by atoms with Crippen molar-refractivity contribution in [2.24, 2.45) is 5.73 Å². The fourth-order valence-electron chi connectivity index (χ4n) is 2.11. The molecule has 0 bridgehead atoms. The van der Waals surface area contributed by atoms with Gasteiger partial charge in [0.15, 0.2) is 17.7 Å². The maximum Gasteiger partial charge on any atom is 0.313 e. The highest BCUT2D eigenvalue weighted by Gasteiger charge is 2.39. The van der Waals surface area contributed by atoms with Gasteiger partial charge in [-0.3, -0.25) is 4.79 Å². The van der Waals surface area contributed by atoms with Gasteiger partial charge in [0.2, 0.25) is 17.4 Å². The first-order chi connectivity index (χ1) is 13.4. The molecule has 1 aliphatic rings. The fraction of sp³-hybridized carbons (Fsp3) is 0.118. The van der Waals surface area contributed by atoms with Gasteiger partial charge in [-0.2, -0.15) is 8.42 Å². The SMILES string of the molecule is [2H]C([2H])(c1ccccc1)S(=O)(=O)OC1=C(N)O[C@]([2H])(c2ccc(F)c(F)c2)C1=O. The van der Waals surface area contributed by atoms with E-state index >= 15 is 0 Å². The molecule has 0 aliphatic carbocycles. The molecular formula is C17H13F2NO5S. The van der Waals surface area contributed by atoms with Crippen LogP contribution in [0, 0.1) is 11.6 Å². The van der Waals surface area contributed by atoms with Gasteiger partial charge < -0.3 is 14.7 Å². The summed E-state index contributed by atoms with van der Waals surface area (Å²) in [6, 6.07) is 8.79. The number of carbonyl (C=O) groups is 1. The molecule has 0 spiro atoms. The Kier molecular flexibility index (Phi) is 3.70. The summed E-state index contributed by atoms with van der Waals surface area (Å²) in [5.74, 6) is -6.08. The second-order valence-corrected chi connectivity index (χ2v) is 6.37. The van der Waals surface area contributed by atoms with Gasteiger partial charge in [0.25, 0.3) is 0 Å². The first-order valence-corrected chi connectivity index (χ1v) is 8.49. The Hall–Kier alpha value is -2.94. The Bertz CT molecular complexity index is 1130. The molecule has 1 aliphatic heterocycles. The summed E-state index contributed by atoms with van der Waals surface area (Å²) < 4.78 is 85.0. The van der Waals surface area contributed by atoms with Crippen LogP contribution in [-0.4, -0.2) is 14.2 Å². The van der Waals surface area contributed by atoms with E-state index in [-0.39, 0.29) is 5.56 Å². The Morgan fingerprint density at radius 2 is 1.88 bits per heavy atom. The van der Waals surface area contributed by atoms with Crippen molar-refractivity contribution < 1.29 is 35.0 Å². The lowest BCUT2D eigenvalue weighted by Crippen LogP contribution is -2.16. The van der Waals surface area contributed by atoms with Gasteiger partial charge in [-0.15, -0.1) is 0 Å². The van der Waals surface area contributed by atoms with Gasteiger partial charge >= 0.3 is 10.1 Å². The standard InChI is InChI=1S/C17H13F2NO5S/c18-12-7-6-11(8-13(12)19)15-14(21)16(17(20)24-15)25-26(22,23)9-10-4-2-1-3-5-10/h1-8,15H,9,20H2/t15-/m1/s1/i9D2,15D. The highest BCUT2D eigenvalue weighted by molar-refractivity contribution is 7.86. The van der Waals surface area contributed by atoms with Crippen LogP contribution in [0.5, 0.6) is 0 Å². The molecule has 2 aromatic carbocycles. The van der Waals surface area contributed by atoms with Crippen LogP contribution in [0.4, 0.5) is 8.78 Å².